The van der Waals surface area contributed by atoms with Gasteiger partial charge in [-0.25, -0.2) is 0 Å². The minimum absolute atomic E-state index is 0.159. The minimum Gasteiger partial charge on any atom is -0.487 e. The number of aromatic nitrogens is 2. The third kappa shape index (κ3) is 2.43. The minimum atomic E-state index is -0.510. The lowest BCUT2D eigenvalue weighted by molar-refractivity contribution is 0.0489. The van der Waals surface area contributed by atoms with Crippen LogP contribution in [0.15, 0.2) is 30.3 Å². The Labute approximate surface area is 119 Å². The van der Waals surface area contributed by atoms with Crippen LogP contribution in [-0.4, -0.2) is 27.1 Å². The first-order valence-electron chi connectivity index (χ1n) is 7.13. The van der Waals surface area contributed by atoms with Crippen LogP contribution in [-0.2, 0) is 19.4 Å². The van der Waals surface area contributed by atoms with Crippen molar-refractivity contribution in [3.63, 3.8) is 0 Å². The summed E-state index contributed by atoms with van der Waals surface area (Å²) < 4.78 is 7.79. The number of nitrogens with zero attached hydrogens (tertiary/aromatic N) is 2. The number of hydrogen-bond acceptors (Lipinski definition) is 3. The van der Waals surface area contributed by atoms with Crippen molar-refractivity contribution < 1.29 is 9.84 Å². The van der Waals surface area contributed by atoms with Crippen molar-refractivity contribution in [2.45, 2.75) is 45.4 Å². The fourth-order valence-electron chi connectivity index (χ4n) is 2.81. The molecule has 1 aliphatic heterocycles. The van der Waals surface area contributed by atoms with E-state index >= 15 is 0 Å². The van der Waals surface area contributed by atoms with Crippen LogP contribution in [0, 0.1) is 6.92 Å². The molecule has 0 aliphatic carbocycles. The molecule has 4 heteroatoms. The Hall–Kier alpha value is -1.81. The van der Waals surface area contributed by atoms with E-state index in [0.717, 1.165) is 30.1 Å². The molecule has 1 N–H and O–H groups in total. The molecule has 3 rings (SSSR count). The average Bonchev–Trinajstić information content (AvgIpc) is 3.01. The van der Waals surface area contributed by atoms with Gasteiger partial charge in [-0.1, -0.05) is 18.2 Å². The highest BCUT2D eigenvalue weighted by Crippen LogP contribution is 2.30. The first kappa shape index (κ1) is 13.2. The molecule has 0 saturated heterocycles. The molecule has 2 heterocycles. The molecule has 2 unspecified atom stereocenters. The molecule has 1 aliphatic rings. The highest BCUT2D eigenvalue weighted by Gasteiger charge is 2.29. The quantitative estimate of drug-likeness (QED) is 0.927. The monoisotopic (exact) mass is 272 g/mol. The van der Waals surface area contributed by atoms with Gasteiger partial charge >= 0.3 is 0 Å². The van der Waals surface area contributed by atoms with Gasteiger partial charge in [0.25, 0.3) is 0 Å². The Kier molecular flexibility index (Phi) is 3.49. The maximum atomic E-state index is 10.4. The zero-order valence-electron chi connectivity index (χ0n) is 11.9. The normalized spacial score (nSPS) is 18.6. The van der Waals surface area contributed by atoms with E-state index < -0.39 is 6.10 Å². The molecule has 0 amide bonds. The Morgan fingerprint density at radius 1 is 1.45 bits per heavy atom. The number of aliphatic hydroxyl groups excluding tert-OH is 1. The van der Waals surface area contributed by atoms with Crippen LogP contribution in [0.5, 0.6) is 5.75 Å². The van der Waals surface area contributed by atoms with Crippen molar-refractivity contribution >= 4 is 0 Å². The number of para-hydroxylation sites is 1. The highest BCUT2D eigenvalue weighted by molar-refractivity contribution is 5.37. The molecule has 1 aromatic carbocycles. The SMILES string of the molecule is CCn1nc(C)cc1CC(O)C1Cc2ccccc2O1. The van der Waals surface area contributed by atoms with Gasteiger partial charge in [0.05, 0.1) is 11.8 Å². The fraction of sp³-hybridized carbons (Fsp3) is 0.438. The summed E-state index contributed by atoms with van der Waals surface area (Å²) >= 11 is 0. The lowest BCUT2D eigenvalue weighted by Crippen LogP contribution is -2.32. The van der Waals surface area contributed by atoms with E-state index in [1.54, 1.807) is 0 Å². The van der Waals surface area contributed by atoms with E-state index in [-0.39, 0.29) is 6.10 Å². The first-order valence-corrected chi connectivity index (χ1v) is 7.13. The maximum Gasteiger partial charge on any atom is 0.129 e. The van der Waals surface area contributed by atoms with Crippen molar-refractivity contribution in [3.8, 4) is 5.75 Å². The largest absolute Gasteiger partial charge is 0.487 e. The van der Waals surface area contributed by atoms with E-state index in [2.05, 4.69) is 18.1 Å². The second kappa shape index (κ2) is 5.29. The van der Waals surface area contributed by atoms with Crippen molar-refractivity contribution in [1.82, 2.24) is 9.78 Å². The van der Waals surface area contributed by atoms with Crippen LogP contribution in [0.3, 0.4) is 0 Å². The number of fused-ring (bicyclic) bond motifs is 1. The highest BCUT2D eigenvalue weighted by atomic mass is 16.5. The zero-order chi connectivity index (χ0) is 14.1. The maximum absolute atomic E-state index is 10.4. The molecule has 0 spiro atoms. The van der Waals surface area contributed by atoms with Gasteiger partial charge in [0.1, 0.15) is 11.9 Å². The summed E-state index contributed by atoms with van der Waals surface area (Å²) in [6.07, 6.45) is 0.681. The number of aryl methyl sites for hydroxylation is 2. The second-order valence-corrected chi connectivity index (χ2v) is 5.33. The standard InChI is InChI=1S/C16H20N2O2/c1-3-18-13(8-11(2)17-18)10-14(19)16-9-12-6-4-5-7-15(12)20-16/h4-8,14,16,19H,3,9-10H2,1-2H3. The Morgan fingerprint density at radius 2 is 2.25 bits per heavy atom. The molecule has 0 saturated carbocycles. The van der Waals surface area contributed by atoms with Crippen LogP contribution in [0.4, 0.5) is 0 Å². The number of hydrogen-bond donors (Lipinski definition) is 1. The Bertz CT molecular complexity index is 581. The van der Waals surface area contributed by atoms with Crippen molar-refractivity contribution in [1.29, 1.82) is 0 Å². The molecule has 0 radical (unpaired) electrons. The summed E-state index contributed by atoms with van der Waals surface area (Å²) in [5.41, 5.74) is 3.23. The molecular formula is C16H20N2O2. The van der Waals surface area contributed by atoms with E-state index in [4.69, 9.17) is 4.74 Å². The molecule has 4 nitrogen and oxygen atoms in total. The van der Waals surface area contributed by atoms with E-state index in [9.17, 15) is 5.11 Å². The summed E-state index contributed by atoms with van der Waals surface area (Å²) in [4.78, 5) is 0. The molecule has 1 aromatic heterocycles. The van der Waals surface area contributed by atoms with E-state index in [1.807, 2.05) is 35.9 Å². The first-order chi connectivity index (χ1) is 9.67. The summed E-state index contributed by atoms with van der Waals surface area (Å²) in [5, 5.41) is 14.9. The fourth-order valence-corrected chi connectivity index (χ4v) is 2.81. The topological polar surface area (TPSA) is 47.3 Å². The number of aliphatic hydroxyl groups is 1. The van der Waals surface area contributed by atoms with Crippen LogP contribution in [0.1, 0.15) is 23.9 Å². The lowest BCUT2D eigenvalue weighted by atomic mass is 10.0. The predicted molar refractivity (Wildman–Crippen MR) is 76.9 cm³/mol. The van der Waals surface area contributed by atoms with Gasteiger partial charge in [-0.2, -0.15) is 5.10 Å². The van der Waals surface area contributed by atoms with Crippen molar-refractivity contribution in [3.05, 3.63) is 47.3 Å². The second-order valence-electron chi connectivity index (χ2n) is 5.33. The van der Waals surface area contributed by atoms with E-state index in [0.29, 0.717) is 6.42 Å². The number of benzene rings is 1. The van der Waals surface area contributed by atoms with Gasteiger partial charge < -0.3 is 9.84 Å². The van der Waals surface area contributed by atoms with Crippen LogP contribution >= 0.6 is 0 Å². The van der Waals surface area contributed by atoms with Crippen molar-refractivity contribution in [2.75, 3.05) is 0 Å². The van der Waals surface area contributed by atoms with Crippen LogP contribution in [0.25, 0.3) is 0 Å². The van der Waals surface area contributed by atoms with Crippen molar-refractivity contribution in [2.24, 2.45) is 0 Å². The summed E-state index contributed by atoms with van der Waals surface area (Å²) in [7, 11) is 0. The zero-order valence-corrected chi connectivity index (χ0v) is 11.9. The third-order valence-corrected chi connectivity index (χ3v) is 3.80. The molecule has 106 valence electrons. The van der Waals surface area contributed by atoms with Crippen LogP contribution < -0.4 is 4.74 Å². The van der Waals surface area contributed by atoms with Gasteiger partial charge in [0.2, 0.25) is 0 Å². The average molecular weight is 272 g/mol. The third-order valence-electron chi connectivity index (χ3n) is 3.80. The van der Waals surface area contributed by atoms with Gasteiger partial charge in [-0.15, -0.1) is 0 Å². The van der Waals surface area contributed by atoms with Gasteiger partial charge in [0.15, 0.2) is 0 Å². The smallest absolute Gasteiger partial charge is 0.129 e. The number of rotatable bonds is 4. The lowest BCUT2D eigenvalue weighted by Gasteiger charge is -2.18. The summed E-state index contributed by atoms with van der Waals surface area (Å²) in [6, 6.07) is 10.0. The summed E-state index contributed by atoms with van der Waals surface area (Å²) in [5.74, 6) is 0.900. The summed E-state index contributed by atoms with van der Waals surface area (Å²) in [6.45, 7) is 4.86. The predicted octanol–water partition coefficient (Wildman–Crippen LogP) is 2.12. The Balaban J connectivity index is 1.70. The molecule has 2 aromatic rings. The van der Waals surface area contributed by atoms with E-state index in [1.165, 1.54) is 5.56 Å². The van der Waals surface area contributed by atoms with Gasteiger partial charge in [-0.3, -0.25) is 4.68 Å². The molecule has 0 fully saturated rings. The molecular weight excluding hydrogens is 252 g/mol. The van der Waals surface area contributed by atoms with Crippen LogP contribution in [0.2, 0.25) is 0 Å². The molecule has 0 bridgehead atoms. The molecule has 2 atom stereocenters. The van der Waals surface area contributed by atoms with Gasteiger partial charge in [0, 0.05) is 25.1 Å². The van der Waals surface area contributed by atoms with Gasteiger partial charge in [-0.05, 0) is 31.5 Å². The molecule has 20 heavy (non-hydrogen) atoms. The number of ether oxygens (including phenoxy) is 1. The Morgan fingerprint density at radius 3 is 3.00 bits per heavy atom.